The van der Waals surface area contributed by atoms with Crippen molar-refractivity contribution in [2.24, 2.45) is 17.8 Å². The number of rotatable bonds is 6. The van der Waals surface area contributed by atoms with Crippen LogP contribution in [0.1, 0.15) is 16.7 Å². The van der Waals surface area contributed by atoms with Gasteiger partial charge >= 0.3 is 0 Å². The molecule has 2 aromatic heterocycles. The predicted molar refractivity (Wildman–Crippen MR) is 115 cm³/mol. The van der Waals surface area contributed by atoms with Crippen molar-refractivity contribution in [3.05, 3.63) is 64.7 Å². The molecule has 1 saturated carbocycles. The topological polar surface area (TPSA) is 41.0 Å². The fraction of sp³-hybridized carbons (Fsp3) is 0.391. The van der Waals surface area contributed by atoms with Gasteiger partial charge in [0, 0.05) is 37.8 Å². The lowest BCUT2D eigenvalue weighted by atomic mass is 10.1. The van der Waals surface area contributed by atoms with Crippen molar-refractivity contribution in [1.29, 1.82) is 0 Å². The van der Waals surface area contributed by atoms with E-state index in [2.05, 4.69) is 52.6 Å². The van der Waals surface area contributed by atoms with E-state index in [1.807, 2.05) is 24.4 Å². The normalized spacial score (nSPS) is 23.6. The zero-order chi connectivity index (χ0) is 19.1. The first-order valence-electron chi connectivity index (χ1n) is 10.1. The molecule has 1 aliphatic carbocycles. The number of anilines is 1. The van der Waals surface area contributed by atoms with Crippen molar-refractivity contribution in [1.82, 2.24) is 14.9 Å². The fourth-order valence-electron chi connectivity index (χ4n) is 4.78. The van der Waals surface area contributed by atoms with Gasteiger partial charge in [0.15, 0.2) is 5.13 Å². The van der Waals surface area contributed by atoms with Crippen molar-refractivity contribution in [3.8, 4) is 11.4 Å². The molecule has 2 aliphatic rings. The molecule has 28 heavy (non-hydrogen) atoms. The van der Waals surface area contributed by atoms with Gasteiger partial charge in [-0.2, -0.15) is 0 Å². The van der Waals surface area contributed by atoms with Gasteiger partial charge in [-0.1, -0.05) is 35.4 Å². The van der Waals surface area contributed by atoms with Gasteiger partial charge in [0.05, 0.1) is 5.69 Å². The molecule has 3 atom stereocenters. The molecule has 0 amide bonds. The molecule has 144 valence electrons. The summed E-state index contributed by atoms with van der Waals surface area (Å²) in [5.41, 5.74) is 6.10. The van der Waals surface area contributed by atoms with E-state index in [9.17, 15) is 0 Å². The van der Waals surface area contributed by atoms with Crippen molar-refractivity contribution in [3.63, 3.8) is 0 Å². The summed E-state index contributed by atoms with van der Waals surface area (Å²) in [6.45, 7) is 8.99. The molecular formula is C23H26N4S. The first kappa shape index (κ1) is 17.8. The average molecular weight is 391 g/mol. The van der Waals surface area contributed by atoms with Crippen LogP contribution in [0.4, 0.5) is 5.13 Å². The highest BCUT2D eigenvalue weighted by Crippen LogP contribution is 2.51. The van der Waals surface area contributed by atoms with E-state index in [-0.39, 0.29) is 0 Å². The number of hydrogen-bond acceptors (Lipinski definition) is 5. The van der Waals surface area contributed by atoms with Gasteiger partial charge in [0.25, 0.3) is 0 Å². The zero-order valence-corrected chi connectivity index (χ0v) is 17.2. The first-order valence-corrected chi connectivity index (χ1v) is 10.9. The van der Waals surface area contributed by atoms with Gasteiger partial charge in [0.2, 0.25) is 0 Å². The lowest BCUT2D eigenvalue weighted by Crippen LogP contribution is -2.25. The molecular weight excluding hydrogens is 364 g/mol. The Morgan fingerprint density at radius 1 is 1.07 bits per heavy atom. The summed E-state index contributed by atoms with van der Waals surface area (Å²) in [5.74, 6) is 2.51. The number of piperidine rings is 1. The number of thiazole rings is 1. The van der Waals surface area contributed by atoms with Gasteiger partial charge in [0.1, 0.15) is 5.69 Å². The Hall–Kier alpha value is -2.24. The van der Waals surface area contributed by atoms with E-state index in [1.54, 1.807) is 11.3 Å². The SMILES string of the molecule is Cc1cc(C)cc(CN2C[C@@H]3C(CNc4nc(-c5ccccn5)cs4)[C@@H]3C2)c1. The van der Waals surface area contributed by atoms with Crippen LogP contribution in [0.15, 0.2) is 48.0 Å². The lowest BCUT2D eigenvalue weighted by Gasteiger charge is -2.20. The number of nitrogens with one attached hydrogen (secondary N) is 1. The quantitative estimate of drug-likeness (QED) is 0.667. The maximum Gasteiger partial charge on any atom is 0.183 e. The summed E-state index contributed by atoms with van der Waals surface area (Å²) in [6.07, 6.45) is 1.82. The Bertz CT molecular complexity index is 935. The second-order valence-electron chi connectivity index (χ2n) is 8.32. The second-order valence-corrected chi connectivity index (χ2v) is 9.17. The number of hydrogen-bond donors (Lipinski definition) is 1. The number of pyridine rings is 1. The fourth-order valence-corrected chi connectivity index (χ4v) is 5.49. The molecule has 5 rings (SSSR count). The Balaban J connectivity index is 1.11. The van der Waals surface area contributed by atoms with E-state index in [4.69, 9.17) is 4.98 Å². The standard InChI is InChI=1S/C23H26N4S/c1-15-7-16(2)9-17(8-15)11-27-12-19-18(20(19)13-27)10-25-23-26-22(14-28-23)21-5-3-4-6-24-21/h3-9,14,18-20H,10-13H2,1-2H3,(H,25,26)/t18?,19-,20+. The lowest BCUT2D eigenvalue weighted by molar-refractivity contribution is 0.280. The minimum atomic E-state index is 0.803. The van der Waals surface area contributed by atoms with Crippen LogP contribution in [-0.2, 0) is 6.54 Å². The summed E-state index contributed by atoms with van der Waals surface area (Å²) < 4.78 is 0. The molecule has 3 heterocycles. The summed E-state index contributed by atoms with van der Waals surface area (Å²) in [5, 5.41) is 6.66. The van der Waals surface area contributed by atoms with Gasteiger partial charge < -0.3 is 5.32 Å². The number of fused-ring (bicyclic) bond motifs is 1. The highest BCUT2D eigenvalue weighted by molar-refractivity contribution is 7.14. The highest BCUT2D eigenvalue weighted by Gasteiger charge is 2.54. The number of nitrogens with zero attached hydrogens (tertiary/aromatic N) is 3. The van der Waals surface area contributed by atoms with Crippen molar-refractivity contribution >= 4 is 16.5 Å². The minimum absolute atomic E-state index is 0.803. The predicted octanol–water partition coefficient (Wildman–Crippen LogP) is 4.61. The molecule has 1 aliphatic heterocycles. The van der Waals surface area contributed by atoms with E-state index in [0.717, 1.165) is 47.4 Å². The van der Waals surface area contributed by atoms with Crippen LogP contribution in [0.2, 0.25) is 0 Å². The van der Waals surface area contributed by atoms with E-state index >= 15 is 0 Å². The highest BCUT2D eigenvalue weighted by atomic mass is 32.1. The number of aryl methyl sites for hydroxylation is 2. The van der Waals surface area contributed by atoms with Crippen LogP contribution in [0.25, 0.3) is 11.4 Å². The molecule has 3 aromatic rings. The van der Waals surface area contributed by atoms with Crippen LogP contribution in [0, 0.1) is 31.6 Å². The number of aromatic nitrogens is 2. The van der Waals surface area contributed by atoms with Crippen LogP contribution in [0.3, 0.4) is 0 Å². The second kappa shape index (κ2) is 7.30. The van der Waals surface area contributed by atoms with Crippen LogP contribution >= 0.6 is 11.3 Å². The Morgan fingerprint density at radius 2 is 1.86 bits per heavy atom. The van der Waals surface area contributed by atoms with Crippen LogP contribution in [0.5, 0.6) is 0 Å². The average Bonchev–Trinajstić information content (AvgIpc) is 3.04. The van der Waals surface area contributed by atoms with E-state index in [1.165, 1.54) is 29.8 Å². The van der Waals surface area contributed by atoms with Gasteiger partial charge in [-0.25, -0.2) is 4.98 Å². The van der Waals surface area contributed by atoms with Gasteiger partial charge in [-0.3, -0.25) is 9.88 Å². The Labute approximate surface area is 170 Å². The molecule has 1 N–H and O–H groups in total. The first-order chi connectivity index (χ1) is 13.7. The van der Waals surface area contributed by atoms with Crippen LogP contribution < -0.4 is 5.32 Å². The van der Waals surface area contributed by atoms with Gasteiger partial charge in [-0.15, -0.1) is 11.3 Å². The number of benzene rings is 1. The summed E-state index contributed by atoms with van der Waals surface area (Å²) in [7, 11) is 0. The third-order valence-electron chi connectivity index (χ3n) is 6.06. The van der Waals surface area contributed by atoms with Gasteiger partial charge in [-0.05, 0) is 49.3 Å². The molecule has 1 saturated heterocycles. The zero-order valence-electron chi connectivity index (χ0n) is 16.4. The van der Waals surface area contributed by atoms with Crippen molar-refractivity contribution in [2.45, 2.75) is 20.4 Å². The third-order valence-corrected chi connectivity index (χ3v) is 6.86. The monoisotopic (exact) mass is 390 g/mol. The molecule has 0 bridgehead atoms. The van der Waals surface area contributed by atoms with E-state index in [0.29, 0.717) is 0 Å². The van der Waals surface area contributed by atoms with Crippen molar-refractivity contribution in [2.75, 3.05) is 25.0 Å². The maximum atomic E-state index is 4.70. The summed E-state index contributed by atoms with van der Waals surface area (Å²) in [4.78, 5) is 11.7. The summed E-state index contributed by atoms with van der Waals surface area (Å²) in [6, 6.07) is 12.9. The van der Waals surface area contributed by atoms with E-state index < -0.39 is 0 Å². The van der Waals surface area contributed by atoms with Crippen molar-refractivity contribution < 1.29 is 0 Å². The molecule has 1 aromatic carbocycles. The molecule has 2 fully saturated rings. The summed E-state index contributed by atoms with van der Waals surface area (Å²) >= 11 is 1.67. The Morgan fingerprint density at radius 3 is 2.57 bits per heavy atom. The smallest absolute Gasteiger partial charge is 0.183 e. The molecule has 4 nitrogen and oxygen atoms in total. The third kappa shape index (κ3) is 3.69. The maximum absolute atomic E-state index is 4.70. The molecule has 0 radical (unpaired) electrons. The largest absolute Gasteiger partial charge is 0.361 e. The Kier molecular flexibility index (Phi) is 4.65. The molecule has 5 heteroatoms. The van der Waals surface area contributed by atoms with Crippen LogP contribution in [-0.4, -0.2) is 34.5 Å². The number of likely N-dealkylation sites (tertiary alicyclic amines) is 1. The molecule has 1 unspecified atom stereocenters. The minimum Gasteiger partial charge on any atom is -0.361 e. The molecule has 0 spiro atoms.